The molecule has 4 aromatic rings. The molecule has 4 N–H and O–H groups in total. The highest BCUT2D eigenvalue weighted by atomic mass is 35.5. The molecule has 0 saturated heterocycles. The third-order valence-electron chi connectivity index (χ3n) is 5.01. The van der Waals surface area contributed by atoms with Crippen LogP contribution in [0, 0.1) is 5.82 Å². The van der Waals surface area contributed by atoms with Gasteiger partial charge < -0.3 is 15.9 Å². The fourth-order valence-corrected chi connectivity index (χ4v) is 4.70. The topological polar surface area (TPSA) is 92.3 Å². The van der Waals surface area contributed by atoms with Crippen LogP contribution >= 0.6 is 22.9 Å². The van der Waals surface area contributed by atoms with Crippen molar-refractivity contribution in [3.63, 3.8) is 0 Å². The van der Waals surface area contributed by atoms with Crippen molar-refractivity contribution >= 4 is 33.2 Å². The molecule has 0 aliphatic rings. The number of thiophene rings is 1. The molecule has 154 valence electrons. The van der Waals surface area contributed by atoms with Crippen LogP contribution in [0.2, 0.25) is 5.02 Å². The first-order chi connectivity index (χ1) is 14.3. The van der Waals surface area contributed by atoms with Crippen LogP contribution in [0.25, 0.3) is 21.5 Å². The Bertz CT molecular complexity index is 1210. The van der Waals surface area contributed by atoms with Crippen LogP contribution < -0.4 is 5.73 Å². The highest BCUT2D eigenvalue weighted by Crippen LogP contribution is 2.39. The van der Waals surface area contributed by atoms with Gasteiger partial charge in [0.15, 0.2) is 0 Å². The van der Waals surface area contributed by atoms with E-state index in [-0.39, 0.29) is 10.6 Å². The molecule has 4 rings (SSSR count). The average molecular weight is 444 g/mol. The van der Waals surface area contributed by atoms with Crippen molar-refractivity contribution in [2.45, 2.75) is 18.6 Å². The molecular formula is C22H19ClFN3O2S. The molecule has 2 unspecified atom stereocenters. The summed E-state index contributed by atoms with van der Waals surface area (Å²) in [6, 6.07) is 10.8. The van der Waals surface area contributed by atoms with Crippen LogP contribution in [-0.2, 0) is 5.60 Å². The number of hydrogen-bond donors (Lipinski definition) is 3. The van der Waals surface area contributed by atoms with Gasteiger partial charge in [-0.25, -0.2) is 4.39 Å². The number of pyridine rings is 2. The number of nitrogens with zero attached hydrogens (tertiary/aromatic N) is 2. The minimum absolute atomic E-state index is 0.242. The molecule has 0 amide bonds. The van der Waals surface area contributed by atoms with Crippen LogP contribution in [-0.4, -0.2) is 26.8 Å². The van der Waals surface area contributed by atoms with Crippen molar-refractivity contribution in [2.75, 3.05) is 6.61 Å². The molecule has 2 atom stereocenters. The first-order valence-electron chi connectivity index (χ1n) is 9.20. The van der Waals surface area contributed by atoms with Crippen molar-refractivity contribution in [1.82, 2.24) is 9.97 Å². The van der Waals surface area contributed by atoms with Crippen molar-refractivity contribution in [1.29, 1.82) is 0 Å². The molecule has 0 fully saturated rings. The Hall–Kier alpha value is -2.42. The van der Waals surface area contributed by atoms with Gasteiger partial charge in [-0.15, -0.1) is 11.3 Å². The summed E-state index contributed by atoms with van der Waals surface area (Å²) in [6.45, 7) is 1.12. The zero-order valence-corrected chi connectivity index (χ0v) is 17.6. The molecule has 3 heterocycles. The van der Waals surface area contributed by atoms with Gasteiger partial charge in [-0.1, -0.05) is 17.7 Å². The summed E-state index contributed by atoms with van der Waals surface area (Å²) in [5, 5.41) is 20.1. The Kier molecular flexibility index (Phi) is 5.57. The fourth-order valence-electron chi connectivity index (χ4n) is 3.27. The summed E-state index contributed by atoms with van der Waals surface area (Å²) >= 11 is 7.58. The van der Waals surface area contributed by atoms with Crippen molar-refractivity contribution < 1.29 is 14.6 Å². The summed E-state index contributed by atoms with van der Waals surface area (Å²) in [5.41, 5.74) is 7.89. The molecule has 0 aliphatic carbocycles. The number of nitrogens with two attached hydrogens (primary N) is 1. The van der Waals surface area contributed by atoms with Gasteiger partial charge in [-0.3, -0.25) is 9.97 Å². The first-order valence-corrected chi connectivity index (χ1v) is 10.4. The van der Waals surface area contributed by atoms with Gasteiger partial charge in [0.05, 0.1) is 28.6 Å². The number of fused-ring (bicyclic) bond motifs is 1. The highest BCUT2D eigenvalue weighted by molar-refractivity contribution is 7.19. The lowest BCUT2D eigenvalue weighted by Gasteiger charge is -2.21. The first kappa shape index (κ1) is 20.8. The monoisotopic (exact) mass is 443 g/mol. The lowest BCUT2D eigenvalue weighted by molar-refractivity contribution is -0.00230. The van der Waals surface area contributed by atoms with Crippen LogP contribution in [0.4, 0.5) is 4.39 Å². The second-order valence-corrected chi connectivity index (χ2v) is 8.69. The largest absolute Gasteiger partial charge is 0.393 e. The van der Waals surface area contributed by atoms with Crippen LogP contribution in [0.3, 0.4) is 0 Å². The standard InChI is InChI=1S/C22H19ClFN3O2S/c1-22(29,11-28)12-5-7-26-16(9-12)13-6-8-27-17-10-18(30-21(13)17)20(25)19-14(23)3-2-4-15(19)24/h2-10,20,28-29H,11,25H2,1H3. The Morgan fingerprint density at radius 2 is 1.97 bits per heavy atom. The normalized spacial score (nSPS) is 14.6. The summed E-state index contributed by atoms with van der Waals surface area (Å²) in [7, 11) is 0. The van der Waals surface area contributed by atoms with Gasteiger partial charge in [0.2, 0.25) is 0 Å². The van der Waals surface area contributed by atoms with E-state index in [1.54, 1.807) is 36.7 Å². The highest BCUT2D eigenvalue weighted by Gasteiger charge is 2.24. The lowest BCUT2D eigenvalue weighted by Crippen LogP contribution is -2.25. The number of hydrogen-bond acceptors (Lipinski definition) is 6. The van der Waals surface area contributed by atoms with E-state index >= 15 is 0 Å². The molecule has 0 spiro atoms. The van der Waals surface area contributed by atoms with Gasteiger partial charge >= 0.3 is 0 Å². The Morgan fingerprint density at radius 3 is 2.70 bits per heavy atom. The van der Waals surface area contributed by atoms with E-state index < -0.39 is 24.1 Å². The Labute approximate surface area is 181 Å². The fraction of sp³-hybridized carbons (Fsp3) is 0.182. The number of aliphatic hydroxyl groups is 2. The molecule has 5 nitrogen and oxygen atoms in total. The zero-order chi connectivity index (χ0) is 21.5. The number of rotatable bonds is 5. The third kappa shape index (κ3) is 3.71. The number of benzene rings is 1. The number of halogens is 2. The summed E-state index contributed by atoms with van der Waals surface area (Å²) < 4.78 is 15.2. The lowest BCUT2D eigenvalue weighted by atomic mass is 9.96. The van der Waals surface area contributed by atoms with Crippen molar-refractivity contribution in [3.05, 3.63) is 81.7 Å². The van der Waals surface area contributed by atoms with Crippen LogP contribution in [0.1, 0.15) is 29.0 Å². The van der Waals surface area contributed by atoms with E-state index in [2.05, 4.69) is 9.97 Å². The molecule has 0 saturated carbocycles. The number of aromatic nitrogens is 2. The molecular weight excluding hydrogens is 425 g/mol. The minimum Gasteiger partial charge on any atom is -0.393 e. The molecule has 3 aromatic heterocycles. The minimum atomic E-state index is -1.38. The van der Waals surface area contributed by atoms with Gasteiger partial charge in [0.25, 0.3) is 0 Å². The maximum atomic E-state index is 14.3. The predicted octanol–water partition coefficient (Wildman–Crippen LogP) is 4.40. The van der Waals surface area contributed by atoms with Gasteiger partial charge in [0, 0.05) is 33.4 Å². The second-order valence-electron chi connectivity index (χ2n) is 7.20. The molecule has 30 heavy (non-hydrogen) atoms. The van der Waals surface area contributed by atoms with Gasteiger partial charge in [-0.2, -0.15) is 0 Å². The summed E-state index contributed by atoms with van der Waals surface area (Å²) in [6.07, 6.45) is 3.24. The van der Waals surface area contributed by atoms with E-state index in [0.29, 0.717) is 16.8 Å². The van der Waals surface area contributed by atoms with Gasteiger partial charge in [0.1, 0.15) is 11.4 Å². The zero-order valence-electron chi connectivity index (χ0n) is 16.0. The predicted molar refractivity (Wildman–Crippen MR) is 117 cm³/mol. The molecule has 1 aromatic carbocycles. The van der Waals surface area contributed by atoms with E-state index in [9.17, 15) is 14.6 Å². The summed E-state index contributed by atoms with van der Waals surface area (Å²) in [5.74, 6) is -0.457. The maximum Gasteiger partial charge on any atom is 0.129 e. The smallest absolute Gasteiger partial charge is 0.129 e. The van der Waals surface area contributed by atoms with Gasteiger partial charge in [-0.05, 0) is 48.9 Å². The average Bonchev–Trinajstić information content (AvgIpc) is 3.18. The van der Waals surface area contributed by atoms with Crippen molar-refractivity contribution in [2.24, 2.45) is 5.73 Å². The van der Waals surface area contributed by atoms with Crippen LogP contribution in [0.5, 0.6) is 0 Å². The maximum absolute atomic E-state index is 14.3. The summed E-state index contributed by atoms with van der Waals surface area (Å²) in [4.78, 5) is 9.55. The second kappa shape index (κ2) is 8.02. The van der Waals surface area contributed by atoms with Crippen LogP contribution in [0.15, 0.2) is 54.9 Å². The van der Waals surface area contributed by atoms with E-state index in [1.807, 2.05) is 12.1 Å². The van der Waals surface area contributed by atoms with Crippen molar-refractivity contribution in [3.8, 4) is 11.3 Å². The SMILES string of the molecule is CC(O)(CO)c1ccnc(-c2ccnc3cc(C(N)c4c(F)cccc4Cl)sc23)c1. The van der Waals surface area contributed by atoms with E-state index in [4.69, 9.17) is 17.3 Å². The molecule has 0 aliphatic heterocycles. The Balaban J connectivity index is 1.82. The van der Waals surface area contributed by atoms with E-state index in [1.165, 1.54) is 24.3 Å². The quantitative estimate of drug-likeness (QED) is 0.425. The van der Waals surface area contributed by atoms with E-state index in [0.717, 1.165) is 15.1 Å². The third-order valence-corrected chi connectivity index (χ3v) is 6.58. The molecule has 0 radical (unpaired) electrons. The molecule has 0 bridgehead atoms. The Morgan fingerprint density at radius 1 is 1.20 bits per heavy atom. The number of aliphatic hydroxyl groups excluding tert-OH is 1. The molecule has 8 heteroatoms.